The summed E-state index contributed by atoms with van der Waals surface area (Å²) in [6, 6.07) is 12.9. The molecule has 196 valence electrons. The van der Waals surface area contributed by atoms with Gasteiger partial charge in [-0.15, -0.1) is 11.3 Å². The molecular weight excluding hydrogens is 525 g/mol. The van der Waals surface area contributed by atoms with Gasteiger partial charge in [-0.05, 0) is 106 Å². The molecule has 1 aliphatic heterocycles. The number of hydrogen-bond donors (Lipinski definition) is 1. The fourth-order valence-electron chi connectivity index (χ4n) is 4.99. The van der Waals surface area contributed by atoms with Crippen molar-refractivity contribution in [2.24, 2.45) is 0 Å². The number of aromatic nitrogens is 2. The van der Waals surface area contributed by atoms with Crippen molar-refractivity contribution >= 4 is 29.0 Å². The fraction of sp³-hybridized carbons (Fsp3) is 0.310. The molecule has 1 saturated heterocycles. The van der Waals surface area contributed by atoms with Crippen LogP contribution in [0.25, 0.3) is 21.7 Å². The van der Waals surface area contributed by atoms with Crippen LogP contribution in [-0.2, 0) is 0 Å². The smallest absolute Gasteiger partial charge is 0.156 e. The third-order valence-corrected chi connectivity index (χ3v) is 9.28. The molecule has 9 heteroatoms. The number of aryl methyl sites for hydroxylation is 1. The summed E-state index contributed by atoms with van der Waals surface area (Å²) >= 11 is 2.47. The molecule has 0 radical (unpaired) electrons. The SMILES string of the molecule is Cc1cc(-c2sc(C3CCN(C4CC4)CC3)nc2-c2cccc(NSc3cc(F)ccc3F)c2F)ccn1. The predicted octanol–water partition coefficient (Wildman–Crippen LogP) is 8.06. The number of likely N-dealkylation sites (tertiary alicyclic amines) is 1. The molecule has 2 fully saturated rings. The molecule has 0 amide bonds. The average Bonchev–Trinajstić information content (AvgIpc) is 3.68. The van der Waals surface area contributed by atoms with Crippen molar-refractivity contribution < 1.29 is 13.2 Å². The molecule has 0 spiro atoms. The van der Waals surface area contributed by atoms with E-state index < -0.39 is 17.5 Å². The summed E-state index contributed by atoms with van der Waals surface area (Å²) in [5.74, 6) is -1.27. The second-order valence-corrected chi connectivity index (χ2v) is 11.8. The zero-order chi connectivity index (χ0) is 26.2. The third-order valence-electron chi connectivity index (χ3n) is 7.16. The molecule has 0 atom stereocenters. The van der Waals surface area contributed by atoms with Crippen molar-refractivity contribution in [3.05, 3.63) is 82.9 Å². The van der Waals surface area contributed by atoms with Gasteiger partial charge in [0, 0.05) is 29.4 Å². The highest BCUT2D eigenvalue weighted by Crippen LogP contribution is 2.44. The number of benzene rings is 2. The number of hydrogen-bond acceptors (Lipinski definition) is 6. The summed E-state index contributed by atoms with van der Waals surface area (Å²) in [7, 11) is 0. The van der Waals surface area contributed by atoms with Crippen molar-refractivity contribution in [3.8, 4) is 21.7 Å². The Morgan fingerprint density at radius 2 is 1.82 bits per heavy atom. The second kappa shape index (κ2) is 10.7. The summed E-state index contributed by atoms with van der Waals surface area (Å²) < 4.78 is 46.5. The topological polar surface area (TPSA) is 41.1 Å². The summed E-state index contributed by atoms with van der Waals surface area (Å²) in [5, 5.41) is 1.04. The summed E-state index contributed by atoms with van der Waals surface area (Å²) in [6.45, 7) is 4.10. The van der Waals surface area contributed by atoms with E-state index in [1.807, 2.05) is 19.1 Å². The van der Waals surface area contributed by atoms with Crippen LogP contribution in [0.4, 0.5) is 18.9 Å². The first-order valence-corrected chi connectivity index (χ1v) is 14.4. The van der Waals surface area contributed by atoms with E-state index in [0.29, 0.717) is 17.2 Å². The molecular formula is C29H27F3N4S2. The normalized spacial score (nSPS) is 16.6. The van der Waals surface area contributed by atoms with Gasteiger partial charge in [0.25, 0.3) is 0 Å². The summed E-state index contributed by atoms with van der Waals surface area (Å²) in [5.41, 5.74) is 2.99. The highest BCUT2D eigenvalue weighted by atomic mass is 32.2. The van der Waals surface area contributed by atoms with Crippen LogP contribution in [0.5, 0.6) is 0 Å². The van der Waals surface area contributed by atoms with Crippen LogP contribution in [0.1, 0.15) is 42.3 Å². The predicted molar refractivity (Wildman–Crippen MR) is 148 cm³/mol. The quantitative estimate of drug-likeness (QED) is 0.235. The Morgan fingerprint density at radius 1 is 1.00 bits per heavy atom. The van der Waals surface area contributed by atoms with Gasteiger partial charge >= 0.3 is 0 Å². The van der Waals surface area contributed by atoms with Gasteiger partial charge in [-0.2, -0.15) is 0 Å². The molecule has 2 aromatic carbocycles. The van der Waals surface area contributed by atoms with Gasteiger partial charge in [0.2, 0.25) is 0 Å². The average molecular weight is 553 g/mol. The van der Waals surface area contributed by atoms with Crippen molar-refractivity contribution in [1.82, 2.24) is 14.9 Å². The number of nitrogens with zero attached hydrogens (tertiary/aromatic N) is 3. The Hall–Kier alpha value is -2.88. The molecule has 0 unspecified atom stereocenters. The molecule has 6 rings (SSSR count). The Morgan fingerprint density at radius 3 is 2.58 bits per heavy atom. The van der Waals surface area contributed by atoms with E-state index in [2.05, 4.69) is 14.6 Å². The third kappa shape index (κ3) is 5.32. The number of piperidine rings is 1. The maximum atomic E-state index is 15.9. The van der Waals surface area contributed by atoms with E-state index in [9.17, 15) is 8.78 Å². The molecule has 38 heavy (non-hydrogen) atoms. The molecule has 2 aliphatic rings. The first-order chi connectivity index (χ1) is 18.5. The van der Waals surface area contributed by atoms with Crippen molar-refractivity contribution in [2.45, 2.75) is 49.5 Å². The maximum absolute atomic E-state index is 15.9. The Kier molecular flexibility index (Phi) is 7.16. The largest absolute Gasteiger partial charge is 0.323 e. The Balaban J connectivity index is 1.33. The summed E-state index contributed by atoms with van der Waals surface area (Å²) in [6.07, 6.45) is 6.49. The van der Waals surface area contributed by atoms with Gasteiger partial charge in [-0.25, -0.2) is 18.2 Å². The van der Waals surface area contributed by atoms with E-state index in [4.69, 9.17) is 4.98 Å². The number of thiazole rings is 1. The lowest BCUT2D eigenvalue weighted by Crippen LogP contribution is -2.34. The molecule has 4 nitrogen and oxygen atoms in total. The van der Waals surface area contributed by atoms with E-state index in [1.54, 1.807) is 35.7 Å². The molecule has 2 aromatic heterocycles. The minimum Gasteiger partial charge on any atom is -0.323 e. The van der Waals surface area contributed by atoms with Gasteiger partial charge in [0.15, 0.2) is 5.82 Å². The van der Waals surface area contributed by atoms with Crippen LogP contribution in [0.15, 0.2) is 59.6 Å². The van der Waals surface area contributed by atoms with Gasteiger partial charge in [0.05, 0.1) is 26.2 Å². The Labute approximate surface area is 228 Å². The van der Waals surface area contributed by atoms with Crippen molar-refractivity contribution in [3.63, 3.8) is 0 Å². The molecule has 3 heterocycles. The number of anilines is 1. The lowest BCUT2D eigenvalue weighted by Gasteiger charge is -2.30. The Bertz CT molecular complexity index is 1460. The monoisotopic (exact) mass is 552 g/mol. The first kappa shape index (κ1) is 25.4. The van der Waals surface area contributed by atoms with E-state index in [0.717, 1.165) is 83.3 Å². The fourth-order valence-corrected chi connectivity index (χ4v) is 6.95. The van der Waals surface area contributed by atoms with Crippen molar-refractivity contribution in [2.75, 3.05) is 17.8 Å². The zero-order valence-electron chi connectivity index (χ0n) is 20.9. The van der Waals surface area contributed by atoms with Gasteiger partial charge in [0.1, 0.15) is 11.6 Å². The van der Waals surface area contributed by atoms with Gasteiger partial charge in [-0.1, -0.05) is 6.07 Å². The first-order valence-electron chi connectivity index (χ1n) is 12.8. The molecule has 0 bridgehead atoms. The highest BCUT2D eigenvalue weighted by molar-refractivity contribution is 8.00. The standard InChI is InChI=1S/C29H27F3N4S2/c1-17-15-19(9-12-33-17)28-27(34-29(37-28)18-10-13-36(14-11-18)21-6-7-21)22-3-2-4-24(26(22)32)35-38-25-16-20(30)5-8-23(25)31/h2-5,8-9,12,15-16,18,21,35H,6-7,10-11,13-14H2,1H3. The lowest BCUT2D eigenvalue weighted by molar-refractivity contribution is 0.203. The molecule has 1 saturated carbocycles. The minimum absolute atomic E-state index is 0.0521. The highest BCUT2D eigenvalue weighted by Gasteiger charge is 2.33. The van der Waals surface area contributed by atoms with Gasteiger partial charge in [-0.3, -0.25) is 4.98 Å². The maximum Gasteiger partial charge on any atom is 0.156 e. The second-order valence-electron chi connectivity index (χ2n) is 9.90. The van der Waals surface area contributed by atoms with E-state index >= 15 is 4.39 Å². The van der Waals surface area contributed by atoms with E-state index in [1.165, 1.54) is 12.8 Å². The lowest BCUT2D eigenvalue weighted by atomic mass is 9.97. The number of nitrogens with one attached hydrogen (secondary N) is 1. The zero-order valence-corrected chi connectivity index (χ0v) is 22.5. The van der Waals surface area contributed by atoms with Crippen LogP contribution >= 0.6 is 23.3 Å². The van der Waals surface area contributed by atoms with Crippen LogP contribution in [-0.4, -0.2) is 34.0 Å². The summed E-state index contributed by atoms with van der Waals surface area (Å²) in [4.78, 5) is 12.9. The number of halogens is 3. The van der Waals surface area contributed by atoms with Crippen LogP contribution in [0.3, 0.4) is 0 Å². The molecule has 1 aliphatic carbocycles. The van der Waals surface area contributed by atoms with Crippen LogP contribution < -0.4 is 4.72 Å². The number of pyridine rings is 1. The molecule has 1 N–H and O–H groups in total. The minimum atomic E-state index is -0.576. The van der Waals surface area contributed by atoms with Crippen molar-refractivity contribution in [1.29, 1.82) is 0 Å². The van der Waals surface area contributed by atoms with Gasteiger partial charge < -0.3 is 9.62 Å². The van der Waals surface area contributed by atoms with Crippen LogP contribution in [0.2, 0.25) is 0 Å². The number of rotatable bonds is 7. The molecule has 4 aromatic rings. The van der Waals surface area contributed by atoms with Crippen LogP contribution in [0, 0.1) is 24.4 Å². The van der Waals surface area contributed by atoms with E-state index in [-0.39, 0.29) is 10.6 Å².